The number of nitrogens with one attached hydrogen (secondary N) is 1. The standard InChI is InChI=1S/C20H25NO2S2/c1-14-7-11-24-18(14)17(19-15(2)8-12-25-19)6-4-10-21-9-3-5-16(13-21)20(22)23/h6-8,11-12,16H,3-5,9-10,13H2,1-2H3,(H,22,23)/p+1/t16-/m1/s1. The highest BCUT2D eigenvalue weighted by atomic mass is 32.1. The lowest BCUT2D eigenvalue weighted by molar-refractivity contribution is -0.907. The maximum absolute atomic E-state index is 11.2. The van der Waals surface area contributed by atoms with Gasteiger partial charge in [-0.25, -0.2) is 0 Å². The highest BCUT2D eigenvalue weighted by Crippen LogP contribution is 2.35. The molecule has 5 heteroatoms. The quantitative estimate of drug-likeness (QED) is 0.808. The average Bonchev–Trinajstić information content (AvgIpc) is 3.21. The number of aliphatic carboxylic acids is 1. The summed E-state index contributed by atoms with van der Waals surface area (Å²) in [5, 5.41) is 13.6. The molecular weight excluding hydrogens is 350 g/mol. The van der Waals surface area contributed by atoms with Gasteiger partial charge in [0, 0.05) is 21.7 Å². The minimum Gasteiger partial charge on any atom is -0.481 e. The van der Waals surface area contributed by atoms with Crippen LogP contribution >= 0.6 is 22.7 Å². The van der Waals surface area contributed by atoms with Gasteiger partial charge < -0.3 is 10.0 Å². The Bertz CT molecular complexity index is 717. The number of carboxylic acid groups (broad SMARTS) is 1. The second-order valence-electron chi connectivity index (χ2n) is 6.90. The number of carboxylic acids is 1. The Morgan fingerprint density at radius 2 is 1.88 bits per heavy atom. The number of carbonyl (C=O) groups is 1. The van der Waals surface area contributed by atoms with Crippen molar-refractivity contribution in [1.29, 1.82) is 0 Å². The molecular formula is C20H26NO2S2+. The van der Waals surface area contributed by atoms with Crippen LogP contribution in [-0.4, -0.2) is 30.7 Å². The minimum absolute atomic E-state index is 0.161. The number of hydrogen-bond donors (Lipinski definition) is 2. The zero-order chi connectivity index (χ0) is 17.8. The lowest BCUT2D eigenvalue weighted by atomic mass is 9.98. The molecule has 1 aliphatic rings. The lowest BCUT2D eigenvalue weighted by Crippen LogP contribution is -3.13. The van der Waals surface area contributed by atoms with Gasteiger partial charge >= 0.3 is 5.97 Å². The molecule has 25 heavy (non-hydrogen) atoms. The van der Waals surface area contributed by atoms with Gasteiger partial charge in [0.2, 0.25) is 0 Å². The van der Waals surface area contributed by atoms with Gasteiger partial charge in [-0.1, -0.05) is 6.08 Å². The normalized spacial score (nSPS) is 20.4. The van der Waals surface area contributed by atoms with E-state index >= 15 is 0 Å². The number of hydrogen-bond acceptors (Lipinski definition) is 3. The van der Waals surface area contributed by atoms with Crippen LogP contribution in [0.3, 0.4) is 0 Å². The second kappa shape index (κ2) is 8.30. The number of thiophene rings is 2. The third-order valence-corrected chi connectivity index (χ3v) is 7.13. The van der Waals surface area contributed by atoms with Crippen LogP contribution < -0.4 is 4.90 Å². The average molecular weight is 377 g/mol. The Morgan fingerprint density at radius 1 is 1.24 bits per heavy atom. The van der Waals surface area contributed by atoms with Crippen molar-refractivity contribution in [3.05, 3.63) is 49.9 Å². The zero-order valence-corrected chi connectivity index (χ0v) is 16.5. The summed E-state index contributed by atoms with van der Waals surface area (Å²) in [6, 6.07) is 4.37. The van der Waals surface area contributed by atoms with Crippen molar-refractivity contribution in [3.8, 4) is 0 Å². The summed E-state index contributed by atoms with van der Waals surface area (Å²) in [5.74, 6) is -0.789. The van der Waals surface area contributed by atoms with Crippen molar-refractivity contribution >= 4 is 34.2 Å². The molecule has 1 unspecified atom stereocenters. The van der Waals surface area contributed by atoms with E-state index in [1.165, 1.54) is 31.4 Å². The molecule has 1 saturated heterocycles. The number of piperidine rings is 1. The first-order chi connectivity index (χ1) is 12.1. The summed E-state index contributed by atoms with van der Waals surface area (Å²) in [5.41, 5.74) is 4.02. The van der Waals surface area contributed by atoms with Crippen LogP contribution in [0, 0.1) is 19.8 Å². The van der Waals surface area contributed by atoms with Gasteiger partial charge in [0.05, 0.1) is 19.6 Å². The fourth-order valence-electron chi connectivity index (χ4n) is 3.60. The van der Waals surface area contributed by atoms with E-state index in [2.05, 4.69) is 42.8 Å². The third-order valence-electron chi connectivity index (χ3n) is 5.03. The van der Waals surface area contributed by atoms with Gasteiger partial charge in [0.1, 0.15) is 5.92 Å². The van der Waals surface area contributed by atoms with E-state index in [1.54, 1.807) is 0 Å². The molecule has 0 amide bonds. The van der Waals surface area contributed by atoms with E-state index in [9.17, 15) is 9.90 Å². The molecule has 3 nitrogen and oxygen atoms in total. The van der Waals surface area contributed by atoms with E-state index in [4.69, 9.17) is 0 Å². The molecule has 0 spiro atoms. The fourth-order valence-corrected chi connectivity index (χ4v) is 5.61. The minimum atomic E-state index is -0.628. The fraction of sp³-hybridized carbons (Fsp3) is 0.450. The molecule has 2 aromatic rings. The zero-order valence-electron chi connectivity index (χ0n) is 14.9. The van der Waals surface area contributed by atoms with Gasteiger partial charge in [-0.15, -0.1) is 22.7 Å². The molecule has 0 aliphatic carbocycles. The summed E-state index contributed by atoms with van der Waals surface area (Å²) < 4.78 is 0. The molecule has 2 atom stereocenters. The summed E-state index contributed by atoms with van der Waals surface area (Å²) in [6.45, 7) is 7.24. The molecule has 0 saturated carbocycles. The Kier molecular flexibility index (Phi) is 6.10. The van der Waals surface area contributed by atoms with Crippen molar-refractivity contribution in [3.63, 3.8) is 0 Å². The number of likely N-dealkylation sites (tertiary alicyclic amines) is 1. The topological polar surface area (TPSA) is 41.7 Å². The van der Waals surface area contributed by atoms with Gasteiger partial charge in [-0.05, 0) is 60.7 Å². The third kappa shape index (κ3) is 4.40. The van der Waals surface area contributed by atoms with E-state index in [-0.39, 0.29) is 5.92 Å². The maximum Gasteiger partial charge on any atom is 0.312 e. The predicted molar refractivity (Wildman–Crippen MR) is 106 cm³/mol. The summed E-state index contributed by atoms with van der Waals surface area (Å²) in [4.78, 5) is 15.4. The van der Waals surface area contributed by atoms with E-state index < -0.39 is 5.97 Å². The largest absolute Gasteiger partial charge is 0.481 e. The Balaban J connectivity index is 1.73. The molecule has 2 aromatic heterocycles. The van der Waals surface area contributed by atoms with Crippen LogP contribution in [0.5, 0.6) is 0 Å². The van der Waals surface area contributed by atoms with Gasteiger partial charge in [-0.3, -0.25) is 4.79 Å². The molecule has 0 bridgehead atoms. The van der Waals surface area contributed by atoms with Crippen LogP contribution in [0.1, 0.15) is 40.1 Å². The Morgan fingerprint density at radius 3 is 2.40 bits per heavy atom. The first-order valence-electron chi connectivity index (χ1n) is 8.91. The van der Waals surface area contributed by atoms with Crippen molar-refractivity contribution in [2.45, 2.75) is 33.1 Å². The summed E-state index contributed by atoms with van der Waals surface area (Å²) in [7, 11) is 0. The monoisotopic (exact) mass is 376 g/mol. The van der Waals surface area contributed by atoms with Crippen LogP contribution in [0.25, 0.3) is 5.57 Å². The number of quaternary nitrogens is 1. The van der Waals surface area contributed by atoms with Crippen molar-refractivity contribution in [1.82, 2.24) is 0 Å². The van der Waals surface area contributed by atoms with Crippen LogP contribution in [-0.2, 0) is 4.79 Å². The van der Waals surface area contributed by atoms with Gasteiger partial charge in [0.15, 0.2) is 0 Å². The number of aryl methyl sites for hydroxylation is 2. The Labute approximate surface area is 157 Å². The first kappa shape index (κ1) is 18.4. The van der Waals surface area contributed by atoms with Crippen molar-refractivity contribution in [2.24, 2.45) is 5.92 Å². The van der Waals surface area contributed by atoms with Crippen molar-refractivity contribution < 1.29 is 14.8 Å². The summed E-state index contributed by atoms with van der Waals surface area (Å²) >= 11 is 3.62. The molecule has 1 fully saturated rings. The maximum atomic E-state index is 11.2. The summed E-state index contributed by atoms with van der Waals surface area (Å²) in [6.07, 6.45) is 5.22. The Hall–Kier alpha value is -1.43. The van der Waals surface area contributed by atoms with Crippen LogP contribution in [0.2, 0.25) is 0 Å². The predicted octanol–water partition coefficient (Wildman–Crippen LogP) is 3.63. The van der Waals surface area contributed by atoms with Crippen LogP contribution in [0.4, 0.5) is 0 Å². The van der Waals surface area contributed by atoms with Gasteiger partial charge in [-0.2, -0.15) is 0 Å². The molecule has 0 radical (unpaired) electrons. The highest BCUT2D eigenvalue weighted by molar-refractivity contribution is 7.14. The van der Waals surface area contributed by atoms with Crippen LogP contribution in [0.15, 0.2) is 29.0 Å². The highest BCUT2D eigenvalue weighted by Gasteiger charge is 2.27. The van der Waals surface area contributed by atoms with E-state index in [0.717, 1.165) is 38.9 Å². The number of rotatable bonds is 6. The molecule has 1 aliphatic heterocycles. The molecule has 2 N–H and O–H groups in total. The van der Waals surface area contributed by atoms with E-state index in [1.807, 2.05) is 22.7 Å². The molecule has 0 aromatic carbocycles. The molecule has 3 rings (SSSR count). The lowest BCUT2D eigenvalue weighted by Gasteiger charge is -2.27. The molecule has 134 valence electrons. The second-order valence-corrected chi connectivity index (χ2v) is 8.74. The van der Waals surface area contributed by atoms with Crippen molar-refractivity contribution in [2.75, 3.05) is 19.6 Å². The van der Waals surface area contributed by atoms with Gasteiger partial charge in [0.25, 0.3) is 0 Å². The SMILES string of the molecule is Cc1ccsc1C(=CCC[NH+]1CCC[C@@H](C(=O)O)C1)c1sccc1C. The first-order valence-corrected chi connectivity index (χ1v) is 10.7. The smallest absolute Gasteiger partial charge is 0.312 e. The molecule has 3 heterocycles. The van der Waals surface area contributed by atoms with E-state index in [0.29, 0.717) is 0 Å².